The zero-order chi connectivity index (χ0) is 13.2. The largest absolute Gasteiger partial charge is 0.392 e. The van der Waals surface area contributed by atoms with Gasteiger partial charge in [0.05, 0.1) is 6.61 Å². The number of nitrogens with one attached hydrogen (secondary N) is 1. The number of aromatic amines is 1. The minimum atomic E-state index is -3.58. The van der Waals surface area contributed by atoms with Gasteiger partial charge in [-0.1, -0.05) is 12.8 Å². The first-order valence-corrected chi connectivity index (χ1v) is 7.66. The van der Waals surface area contributed by atoms with Crippen molar-refractivity contribution in [2.75, 3.05) is 13.1 Å². The zero-order valence-corrected chi connectivity index (χ0v) is 11.3. The van der Waals surface area contributed by atoms with E-state index in [4.69, 9.17) is 0 Å². The molecule has 1 aromatic rings. The Morgan fingerprint density at radius 1 is 1.28 bits per heavy atom. The number of aromatic nitrogens is 2. The van der Waals surface area contributed by atoms with Crippen LogP contribution < -0.4 is 0 Å². The van der Waals surface area contributed by atoms with Gasteiger partial charge >= 0.3 is 0 Å². The van der Waals surface area contributed by atoms with Crippen molar-refractivity contribution in [3.8, 4) is 0 Å². The van der Waals surface area contributed by atoms with Gasteiger partial charge in [0.25, 0.3) is 10.0 Å². The maximum atomic E-state index is 12.5. The molecule has 0 aromatic carbocycles. The maximum absolute atomic E-state index is 12.5. The second-order valence-corrected chi connectivity index (χ2v) is 6.46. The molecule has 1 aliphatic rings. The first-order valence-electron chi connectivity index (χ1n) is 6.22. The molecule has 1 aromatic heterocycles. The number of nitrogens with zero attached hydrogens (tertiary/aromatic N) is 2. The minimum Gasteiger partial charge on any atom is -0.392 e. The van der Waals surface area contributed by atoms with Gasteiger partial charge in [-0.15, -0.1) is 0 Å². The maximum Gasteiger partial charge on any atom is 0.262 e. The Labute approximate surface area is 107 Å². The molecule has 0 bridgehead atoms. The van der Waals surface area contributed by atoms with Crippen LogP contribution in [0.1, 0.15) is 36.9 Å². The fourth-order valence-corrected chi connectivity index (χ4v) is 3.91. The lowest BCUT2D eigenvalue weighted by Crippen LogP contribution is -2.32. The zero-order valence-electron chi connectivity index (χ0n) is 10.5. The van der Waals surface area contributed by atoms with Crippen LogP contribution in [0.4, 0.5) is 0 Å². The molecule has 2 N–H and O–H groups in total. The van der Waals surface area contributed by atoms with Crippen molar-refractivity contribution >= 4 is 10.0 Å². The fourth-order valence-electron chi connectivity index (χ4n) is 2.23. The third-order valence-electron chi connectivity index (χ3n) is 3.34. The number of H-pyrrole nitrogens is 1. The molecule has 6 nitrogen and oxygen atoms in total. The van der Waals surface area contributed by atoms with Crippen LogP contribution in [-0.4, -0.2) is 41.1 Å². The van der Waals surface area contributed by atoms with Gasteiger partial charge in [0.2, 0.25) is 0 Å². The van der Waals surface area contributed by atoms with Gasteiger partial charge in [0.1, 0.15) is 0 Å². The molecule has 0 unspecified atom stereocenters. The molecule has 0 saturated carbocycles. The normalized spacial score (nSPS) is 18.8. The van der Waals surface area contributed by atoms with Crippen LogP contribution in [0.25, 0.3) is 0 Å². The lowest BCUT2D eigenvalue weighted by molar-refractivity contribution is 0.277. The van der Waals surface area contributed by atoms with Crippen molar-refractivity contribution in [1.29, 1.82) is 0 Å². The summed E-state index contributed by atoms with van der Waals surface area (Å²) in [7, 11) is -3.58. The highest BCUT2D eigenvalue weighted by atomic mass is 32.2. The minimum absolute atomic E-state index is 0.0237. The monoisotopic (exact) mass is 273 g/mol. The quantitative estimate of drug-likeness (QED) is 0.852. The number of aliphatic hydroxyl groups excluding tert-OH is 1. The lowest BCUT2D eigenvalue weighted by atomic mass is 10.2. The molecule has 7 heteroatoms. The Balaban J connectivity index is 2.34. The molecular formula is C11H19N3O3S. The molecule has 1 saturated heterocycles. The van der Waals surface area contributed by atoms with E-state index in [9.17, 15) is 13.5 Å². The van der Waals surface area contributed by atoms with Gasteiger partial charge in [-0.05, 0) is 19.8 Å². The summed E-state index contributed by atoms with van der Waals surface area (Å²) < 4.78 is 26.4. The summed E-state index contributed by atoms with van der Waals surface area (Å²) in [5.74, 6) is 0. The highest BCUT2D eigenvalue weighted by Crippen LogP contribution is 2.23. The molecule has 2 heterocycles. The van der Waals surface area contributed by atoms with Crippen molar-refractivity contribution in [1.82, 2.24) is 14.5 Å². The SMILES string of the molecule is Cc1[nH]nc(S(=O)(=O)N2CCCCCC2)c1CO. The second kappa shape index (κ2) is 5.38. The van der Waals surface area contributed by atoms with Crippen LogP contribution in [0.5, 0.6) is 0 Å². The molecule has 0 aliphatic carbocycles. The molecule has 0 spiro atoms. The van der Waals surface area contributed by atoms with Gasteiger partial charge in [0, 0.05) is 24.3 Å². The number of hydrogen-bond acceptors (Lipinski definition) is 4. The number of aryl methyl sites for hydroxylation is 1. The standard InChI is InChI=1S/C11H19N3O3S/c1-9-10(8-15)11(13-12-9)18(16,17)14-6-4-2-3-5-7-14/h15H,2-8H2,1H3,(H,12,13). The van der Waals surface area contributed by atoms with E-state index in [1.54, 1.807) is 6.92 Å². The lowest BCUT2D eigenvalue weighted by Gasteiger charge is -2.18. The van der Waals surface area contributed by atoms with Crippen LogP contribution in [-0.2, 0) is 16.6 Å². The Morgan fingerprint density at radius 2 is 1.89 bits per heavy atom. The average molecular weight is 273 g/mol. The summed E-state index contributed by atoms with van der Waals surface area (Å²) >= 11 is 0. The van der Waals surface area contributed by atoms with Gasteiger partial charge in [0.15, 0.2) is 5.03 Å². The summed E-state index contributed by atoms with van der Waals surface area (Å²) in [6.07, 6.45) is 3.91. The summed E-state index contributed by atoms with van der Waals surface area (Å²) in [5, 5.41) is 15.7. The van der Waals surface area contributed by atoms with Crippen LogP contribution in [0.15, 0.2) is 5.03 Å². The molecule has 0 amide bonds. The van der Waals surface area contributed by atoms with E-state index in [0.717, 1.165) is 25.7 Å². The van der Waals surface area contributed by atoms with E-state index >= 15 is 0 Å². The van der Waals surface area contributed by atoms with Crippen molar-refractivity contribution in [3.05, 3.63) is 11.3 Å². The van der Waals surface area contributed by atoms with Crippen molar-refractivity contribution in [3.63, 3.8) is 0 Å². The van der Waals surface area contributed by atoms with Crippen LogP contribution >= 0.6 is 0 Å². The van der Waals surface area contributed by atoms with Gasteiger partial charge in [-0.25, -0.2) is 8.42 Å². The predicted octanol–water partition coefficient (Wildman–Crippen LogP) is 0.775. The molecular weight excluding hydrogens is 254 g/mol. The summed E-state index contributed by atoms with van der Waals surface area (Å²) in [5.41, 5.74) is 0.977. The highest BCUT2D eigenvalue weighted by molar-refractivity contribution is 7.89. The van der Waals surface area contributed by atoms with Crippen LogP contribution in [0.3, 0.4) is 0 Å². The first-order chi connectivity index (χ1) is 8.57. The first kappa shape index (κ1) is 13.5. The van der Waals surface area contributed by atoms with Crippen molar-refractivity contribution < 1.29 is 13.5 Å². The molecule has 2 rings (SSSR count). The van der Waals surface area contributed by atoms with Crippen molar-refractivity contribution in [2.24, 2.45) is 0 Å². The second-order valence-electron chi connectivity index (χ2n) is 4.61. The molecule has 1 aliphatic heterocycles. The van der Waals surface area contributed by atoms with E-state index in [1.807, 2.05) is 0 Å². The summed E-state index contributed by atoms with van der Waals surface area (Å²) in [4.78, 5) is 0. The number of hydrogen-bond donors (Lipinski definition) is 2. The smallest absolute Gasteiger partial charge is 0.262 e. The third-order valence-corrected chi connectivity index (χ3v) is 5.21. The van der Waals surface area contributed by atoms with Crippen LogP contribution in [0, 0.1) is 6.92 Å². The van der Waals surface area contributed by atoms with Gasteiger partial charge in [-0.2, -0.15) is 9.40 Å². The number of aliphatic hydroxyl groups is 1. The number of rotatable bonds is 3. The molecule has 18 heavy (non-hydrogen) atoms. The molecule has 1 fully saturated rings. The highest BCUT2D eigenvalue weighted by Gasteiger charge is 2.30. The number of sulfonamides is 1. The van der Waals surface area contributed by atoms with Gasteiger partial charge in [-0.3, -0.25) is 5.10 Å². The molecule has 0 atom stereocenters. The Kier molecular flexibility index (Phi) is 4.04. The molecule has 0 radical (unpaired) electrons. The van der Waals surface area contributed by atoms with Crippen molar-refractivity contribution in [2.45, 2.75) is 44.2 Å². The Hall–Kier alpha value is -0.920. The third kappa shape index (κ3) is 2.43. The molecule has 102 valence electrons. The van der Waals surface area contributed by atoms with E-state index < -0.39 is 10.0 Å². The van der Waals surface area contributed by atoms with Crippen LogP contribution in [0.2, 0.25) is 0 Å². The Bertz CT molecular complexity index is 502. The van der Waals surface area contributed by atoms with E-state index in [-0.39, 0.29) is 11.6 Å². The topological polar surface area (TPSA) is 86.3 Å². The summed E-state index contributed by atoms with van der Waals surface area (Å²) in [6.45, 7) is 2.48. The average Bonchev–Trinajstić information content (AvgIpc) is 2.56. The van der Waals surface area contributed by atoms with E-state index in [1.165, 1.54) is 4.31 Å². The Morgan fingerprint density at radius 3 is 2.44 bits per heavy atom. The van der Waals surface area contributed by atoms with E-state index in [0.29, 0.717) is 24.3 Å². The van der Waals surface area contributed by atoms with Gasteiger partial charge < -0.3 is 5.11 Å². The summed E-state index contributed by atoms with van der Waals surface area (Å²) in [6, 6.07) is 0. The fraction of sp³-hybridized carbons (Fsp3) is 0.727. The predicted molar refractivity (Wildman–Crippen MR) is 66.5 cm³/mol. The van der Waals surface area contributed by atoms with E-state index in [2.05, 4.69) is 10.2 Å².